The van der Waals surface area contributed by atoms with Crippen molar-refractivity contribution in [3.8, 4) is 0 Å². The van der Waals surface area contributed by atoms with Crippen molar-refractivity contribution in [3.63, 3.8) is 0 Å². The number of fused-ring (bicyclic) bond motifs is 2. The van der Waals surface area contributed by atoms with E-state index in [9.17, 15) is 4.79 Å². The largest absolute Gasteiger partial charge is 0.298 e. The van der Waals surface area contributed by atoms with Crippen molar-refractivity contribution in [2.45, 2.75) is 30.3 Å². The van der Waals surface area contributed by atoms with Crippen LogP contribution in [0.3, 0.4) is 0 Å². The lowest BCUT2D eigenvalue weighted by Gasteiger charge is -2.27. The number of ketones is 1. The zero-order chi connectivity index (χ0) is 8.06. The molecular weight excluding hydrogens is 156 g/mol. The Morgan fingerprint density at radius 3 is 2.64 bits per heavy atom. The van der Waals surface area contributed by atoms with E-state index in [-0.39, 0.29) is 4.75 Å². The van der Waals surface area contributed by atoms with Crippen LogP contribution in [0.5, 0.6) is 0 Å². The van der Waals surface area contributed by atoms with Crippen LogP contribution in [0.25, 0.3) is 0 Å². The smallest absolute Gasteiger partial charge is 0.146 e. The van der Waals surface area contributed by atoms with Gasteiger partial charge in [0.1, 0.15) is 5.78 Å². The highest BCUT2D eigenvalue weighted by molar-refractivity contribution is 8.02. The highest BCUT2D eigenvalue weighted by Crippen LogP contribution is 2.52. The van der Waals surface area contributed by atoms with Gasteiger partial charge < -0.3 is 0 Å². The molecule has 0 radical (unpaired) electrons. The molecule has 0 aromatic rings. The van der Waals surface area contributed by atoms with Gasteiger partial charge in [-0.05, 0) is 26.2 Å². The average molecular weight is 168 g/mol. The zero-order valence-corrected chi connectivity index (χ0v) is 7.65. The van der Waals surface area contributed by atoms with E-state index in [0.29, 0.717) is 17.0 Å². The summed E-state index contributed by atoms with van der Waals surface area (Å²) in [4.78, 5) is 11.3. The van der Waals surface area contributed by atoms with Crippen LogP contribution in [-0.2, 0) is 4.79 Å². The van der Waals surface area contributed by atoms with E-state index in [1.165, 1.54) is 6.42 Å². The quantitative estimate of drug-likeness (QED) is 0.557. The summed E-state index contributed by atoms with van der Waals surface area (Å²) in [6, 6.07) is 0. The third-order valence-corrected chi connectivity index (χ3v) is 4.58. The molecule has 0 unspecified atom stereocenters. The van der Waals surface area contributed by atoms with Crippen LogP contribution < -0.4 is 0 Å². The molecule has 1 aliphatic carbocycles. The van der Waals surface area contributed by atoms with Crippen LogP contribution in [0.4, 0.5) is 0 Å². The minimum atomic E-state index is -0.0978. The van der Waals surface area contributed by atoms with E-state index in [4.69, 9.17) is 0 Å². The van der Waals surface area contributed by atoms with Crippen molar-refractivity contribution in [2.24, 2.45) is 5.92 Å². The monoisotopic (exact) mass is 168 g/mol. The fourth-order valence-corrected chi connectivity index (χ4v) is 3.52. The molecule has 0 amide bonds. The van der Waals surface area contributed by atoms with E-state index in [2.05, 4.69) is 19.1 Å². The molecule has 0 N–H and O–H groups in total. The van der Waals surface area contributed by atoms with Crippen molar-refractivity contribution < 1.29 is 4.79 Å². The molecule has 2 bridgehead atoms. The fourth-order valence-electron chi connectivity index (χ4n) is 1.91. The average Bonchev–Trinajstić information content (AvgIpc) is 2.45. The Labute approximate surface area is 71.2 Å². The van der Waals surface area contributed by atoms with Crippen LogP contribution in [0.15, 0.2) is 12.2 Å². The lowest BCUT2D eigenvalue weighted by Crippen LogP contribution is -2.34. The molecule has 11 heavy (non-hydrogen) atoms. The topological polar surface area (TPSA) is 17.1 Å². The number of thioether (sulfide) groups is 1. The first-order chi connectivity index (χ1) is 5.13. The Morgan fingerprint density at radius 2 is 2.36 bits per heavy atom. The van der Waals surface area contributed by atoms with Crippen molar-refractivity contribution in [2.75, 3.05) is 0 Å². The second-order valence-corrected chi connectivity index (χ2v) is 5.24. The Kier molecular flexibility index (Phi) is 1.43. The molecule has 0 spiro atoms. The summed E-state index contributed by atoms with van der Waals surface area (Å²) in [7, 11) is 0. The van der Waals surface area contributed by atoms with Gasteiger partial charge in [-0.25, -0.2) is 0 Å². The summed E-state index contributed by atoms with van der Waals surface area (Å²) < 4.78 is -0.0978. The highest BCUT2D eigenvalue weighted by atomic mass is 32.2. The van der Waals surface area contributed by atoms with Gasteiger partial charge in [0, 0.05) is 5.25 Å². The molecule has 1 fully saturated rings. The second-order valence-electron chi connectivity index (χ2n) is 3.55. The molecular formula is C9H12OS. The Hall–Kier alpha value is -0.240. The Morgan fingerprint density at radius 1 is 1.64 bits per heavy atom. The second kappa shape index (κ2) is 2.13. The van der Waals surface area contributed by atoms with E-state index in [1.54, 1.807) is 6.92 Å². The summed E-state index contributed by atoms with van der Waals surface area (Å²) >= 11 is 1.83. The van der Waals surface area contributed by atoms with Gasteiger partial charge in [0.05, 0.1) is 4.75 Å². The number of allylic oxidation sites excluding steroid dienone is 1. The number of carbonyl (C=O) groups excluding carboxylic acids is 1. The van der Waals surface area contributed by atoms with Crippen LogP contribution in [-0.4, -0.2) is 15.8 Å². The minimum Gasteiger partial charge on any atom is -0.298 e. The van der Waals surface area contributed by atoms with Gasteiger partial charge in [0.2, 0.25) is 0 Å². The van der Waals surface area contributed by atoms with E-state index in [0.717, 1.165) is 0 Å². The van der Waals surface area contributed by atoms with Gasteiger partial charge in [-0.15, -0.1) is 11.8 Å². The maximum absolute atomic E-state index is 11.3. The predicted octanol–water partition coefficient (Wildman–Crippen LogP) is 2.03. The molecule has 1 nitrogen and oxygen atoms in total. The summed E-state index contributed by atoms with van der Waals surface area (Å²) in [6.07, 6.45) is 5.63. The number of Topliss-reactive ketones (excluding diaryl/α,β-unsaturated/α-hetero) is 1. The highest BCUT2D eigenvalue weighted by Gasteiger charge is 2.48. The van der Waals surface area contributed by atoms with Gasteiger partial charge in [-0.1, -0.05) is 12.2 Å². The van der Waals surface area contributed by atoms with Crippen molar-refractivity contribution in [1.29, 1.82) is 0 Å². The Balaban J connectivity index is 2.30. The first-order valence-electron chi connectivity index (χ1n) is 4.00. The molecule has 60 valence electrons. The van der Waals surface area contributed by atoms with Crippen molar-refractivity contribution >= 4 is 17.5 Å². The number of carbonyl (C=O) groups is 1. The maximum atomic E-state index is 11.3. The third kappa shape index (κ3) is 0.886. The molecule has 1 saturated heterocycles. The van der Waals surface area contributed by atoms with Gasteiger partial charge in [-0.3, -0.25) is 4.79 Å². The molecule has 2 heteroatoms. The van der Waals surface area contributed by atoms with Crippen LogP contribution >= 0.6 is 11.8 Å². The summed E-state index contributed by atoms with van der Waals surface area (Å²) in [5.74, 6) is 0.842. The number of hydrogen-bond donors (Lipinski definition) is 0. The third-order valence-electron chi connectivity index (χ3n) is 2.85. The van der Waals surface area contributed by atoms with Gasteiger partial charge >= 0.3 is 0 Å². The summed E-state index contributed by atoms with van der Waals surface area (Å²) in [5, 5.41) is 0.619. The summed E-state index contributed by atoms with van der Waals surface area (Å²) in [6.45, 7) is 3.79. The minimum absolute atomic E-state index is 0.0978. The lowest BCUT2D eigenvalue weighted by atomic mass is 9.90. The molecule has 2 rings (SSSR count). The molecule has 1 heterocycles. The molecule has 2 aliphatic rings. The maximum Gasteiger partial charge on any atom is 0.146 e. The normalized spacial score (nSPS) is 46.7. The summed E-state index contributed by atoms with van der Waals surface area (Å²) in [5.41, 5.74) is 0. The van der Waals surface area contributed by atoms with Gasteiger partial charge in [0.25, 0.3) is 0 Å². The van der Waals surface area contributed by atoms with E-state index in [1.807, 2.05) is 11.8 Å². The lowest BCUT2D eigenvalue weighted by molar-refractivity contribution is -0.119. The van der Waals surface area contributed by atoms with Gasteiger partial charge in [0.15, 0.2) is 0 Å². The molecule has 1 aliphatic heterocycles. The van der Waals surface area contributed by atoms with E-state index >= 15 is 0 Å². The SMILES string of the molecule is CC(=O)[C@@]1(C)S[C@H]2C=C[C@@H]1C2. The zero-order valence-electron chi connectivity index (χ0n) is 6.83. The van der Waals surface area contributed by atoms with Crippen LogP contribution in [0, 0.1) is 5.92 Å². The Bertz CT molecular complexity index is 234. The number of rotatable bonds is 1. The standard InChI is InChI=1S/C9H12OS/c1-6(10)9(2)7-3-4-8(5-7)11-9/h3-4,7-8H,5H2,1-2H3/t7-,8+,9-/m1/s1. The molecule has 3 atom stereocenters. The first-order valence-corrected chi connectivity index (χ1v) is 4.88. The van der Waals surface area contributed by atoms with E-state index < -0.39 is 0 Å². The predicted molar refractivity (Wildman–Crippen MR) is 47.7 cm³/mol. The fraction of sp³-hybridized carbons (Fsp3) is 0.667. The molecule has 0 aromatic heterocycles. The number of hydrogen-bond acceptors (Lipinski definition) is 2. The van der Waals surface area contributed by atoms with Crippen LogP contribution in [0.1, 0.15) is 20.3 Å². The van der Waals surface area contributed by atoms with Crippen LogP contribution in [0.2, 0.25) is 0 Å². The molecule has 0 aromatic carbocycles. The van der Waals surface area contributed by atoms with Crippen molar-refractivity contribution in [3.05, 3.63) is 12.2 Å². The van der Waals surface area contributed by atoms with Crippen molar-refractivity contribution in [1.82, 2.24) is 0 Å². The molecule has 0 saturated carbocycles. The van der Waals surface area contributed by atoms with Gasteiger partial charge in [-0.2, -0.15) is 0 Å². The first kappa shape index (κ1) is 7.41.